The number of thiocarbonyl (C=S) groups is 1. The Morgan fingerprint density at radius 1 is 1.42 bits per heavy atom. The quantitative estimate of drug-likeness (QED) is 0.638. The topological polar surface area (TPSA) is 55.6 Å². The molecule has 1 aromatic rings. The highest BCUT2D eigenvalue weighted by molar-refractivity contribution is 7.80. The number of rotatable bonds is 6. The summed E-state index contributed by atoms with van der Waals surface area (Å²) in [4.78, 5) is 13.3. The maximum atomic E-state index is 11.4. The van der Waals surface area contributed by atoms with E-state index in [1.54, 1.807) is 19.0 Å². The van der Waals surface area contributed by atoms with Crippen molar-refractivity contribution >= 4 is 23.1 Å². The summed E-state index contributed by atoms with van der Waals surface area (Å²) in [6, 6.07) is 5.64. The molecule has 1 aromatic carbocycles. The molecule has 0 spiro atoms. The van der Waals surface area contributed by atoms with Crippen LogP contribution in [0.1, 0.15) is 24.0 Å². The average Bonchev–Trinajstić information content (AvgIpc) is 2.35. The Morgan fingerprint density at radius 2 is 2.11 bits per heavy atom. The lowest BCUT2D eigenvalue weighted by molar-refractivity contribution is -0.128. The number of benzene rings is 1. The van der Waals surface area contributed by atoms with E-state index in [2.05, 4.69) is 0 Å². The van der Waals surface area contributed by atoms with Gasteiger partial charge in [-0.3, -0.25) is 4.79 Å². The Hall–Kier alpha value is -1.62. The van der Waals surface area contributed by atoms with Crippen molar-refractivity contribution in [2.75, 3.05) is 20.7 Å². The minimum absolute atomic E-state index is 0.109. The zero-order valence-electron chi connectivity index (χ0n) is 11.6. The van der Waals surface area contributed by atoms with Crippen molar-refractivity contribution in [3.8, 4) is 5.75 Å². The van der Waals surface area contributed by atoms with Gasteiger partial charge in [0.15, 0.2) is 0 Å². The van der Waals surface area contributed by atoms with Gasteiger partial charge in [-0.15, -0.1) is 0 Å². The first-order valence-electron chi connectivity index (χ1n) is 6.15. The van der Waals surface area contributed by atoms with Gasteiger partial charge >= 0.3 is 0 Å². The molecule has 0 aliphatic rings. The maximum Gasteiger partial charge on any atom is 0.222 e. The molecule has 0 radical (unpaired) electrons. The predicted molar refractivity (Wildman–Crippen MR) is 80.5 cm³/mol. The lowest BCUT2D eigenvalue weighted by Crippen LogP contribution is -2.21. The van der Waals surface area contributed by atoms with Crippen molar-refractivity contribution in [2.24, 2.45) is 5.73 Å². The Kier molecular flexibility index (Phi) is 5.76. The molecule has 0 aliphatic heterocycles. The largest absolute Gasteiger partial charge is 0.493 e. The van der Waals surface area contributed by atoms with Gasteiger partial charge in [0.25, 0.3) is 0 Å². The van der Waals surface area contributed by atoms with E-state index in [9.17, 15) is 4.79 Å². The second kappa shape index (κ2) is 7.09. The van der Waals surface area contributed by atoms with E-state index in [1.165, 1.54) is 0 Å². The molecule has 0 unspecified atom stereocenters. The highest BCUT2D eigenvalue weighted by Gasteiger charge is 2.06. The monoisotopic (exact) mass is 280 g/mol. The standard InChI is InChI=1S/C14H20N2O2S/c1-10-6-7-11(14(15)19)9-12(10)18-8-4-5-13(17)16(2)3/h6-7,9H,4-5,8H2,1-3H3,(H2,15,19). The highest BCUT2D eigenvalue weighted by atomic mass is 32.1. The van der Waals surface area contributed by atoms with Gasteiger partial charge in [-0.2, -0.15) is 0 Å². The van der Waals surface area contributed by atoms with E-state index in [0.29, 0.717) is 24.4 Å². The van der Waals surface area contributed by atoms with E-state index in [-0.39, 0.29) is 5.91 Å². The average molecular weight is 280 g/mol. The van der Waals surface area contributed by atoms with Crippen LogP contribution in [-0.4, -0.2) is 36.5 Å². The maximum absolute atomic E-state index is 11.4. The van der Waals surface area contributed by atoms with Crippen LogP contribution < -0.4 is 10.5 Å². The molecule has 0 atom stereocenters. The third-order valence-corrected chi connectivity index (χ3v) is 3.00. The summed E-state index contributed by atoms with van der Waals surface area (Å²) in [6.07, 6.45) is 1.18. The van der Waals surface area contributed by atoms with Crippen LogP contribution >= 0.6 is 12.2 Å². The fourth-order valence-electron chi connectivity index (χ4n) is 1.54. The van der Waals surface area contributed by atoms with E-state index in [1.807, 2.05) is 25.1 Å². The molecule has 4 nitrogen and oxygen atoms in total. The number of carbonyl (C=O) groups excluding carboxylic acids is 1. The first kappa shape index (κ1) is 15.4. The van der Waals surface area contributed by atoms with Gasteiger partial charge in [0, 0.05) is 26.1 Å². The number of ether oxygens (including phenoxy) is 1. The molecule has 0 aromatic heterocycles. The fraction of sp³-hybridized carbons (Fsp3) is 0.429. The van der Waals surface area contributed by atoms with Crippen molar-refractivity contribution in [1.82, 2.24) is 4.90 Å². The lowest BCUT2D eigenvalue weighted by atomic mass is 10.1. The van der Waals surface area contributed by atoms with Crippen molar-refractivity contribution in [3.63, 3.8) is 0 Å². The van der Waals surface area contributed by atoms with E-state index >= 15 is 0 Å². The summed E-state index contributed by atoms with van der Waals surface area (Å²) < 4.78 is 5.67. The molecular weight excluding hydrogens is 260 g/mol. The minimum Gasteiger partial charge on any atom is -0.493 e. The Labute approximate surface area is 119 Å². The van der Waals surface area contributed by atoms with Gasteiger partial charge in [-0.1, -0.05) is 24.4 Å². The molecule has 0 fully saturated rings. The smallest absolute Gasteiger partial charge is 0.222 e. The number of nitrogens with zero attached hydrogens (tertiary/aromatic N) is 1. The van der Waals surface area contributed by atoms with Gasteiger partial charge in [0.05, 0.1) is 6.61 Å². The van der Waals surface area contributed by atoms with Crippen LogP contribution in [0.5, 0.6) is 5.75 Å². The summed E-state index contributed by atoms with van der Waals surface area (Å²) in [6.45, 7) is 2.46. The zero-order chi connectivity index (χ0) is 14.4. The number of aryl methyl sites for hydroxylation is 1. The molecule has 0 aliphatic carbocycles. The van der Waals surface area contributed by atoms with Crippen LogP contribution in [0.4, 0.5) is 0 Å². The molecular formula is C14H20N2O2S. The van der Waals surface area contributed by atoms with Gasteiger partial charge in [-0.25, -0.2) is 0 Å². The number of hydrogen-bond donors (Lipinski definition) is 1. The minimum atomic E-state index is 0.109. The van der Waals surface area contributed by atoms with E-state index in [4.69, 9.17) is 22.7 Å². The van der Waals surface area contributed by atoms with Crippen molar-refractivity contribution in [1.29, 1.82) is 0 Å². The third kappa shape index (κ3) is 4.87. The summed E-state index contributed by atoms with van der Waals surface area (Å²) >= 11 is 4.94. The van der Waals surface area contributed by atoms with Crippen LogP contribution in [0.2, 0.25) is 0 Å². The summed E-state index contributed by atoms with van der Waals surface area (Å²) in [5, 5.41) is 0. The highest BCUT2D eigenvalue weighted by Crippen LogP contribution is 2.20. The summed E-state index contributed by atoms with van der Waals surface area (Å²) in [5.41, 5.74) is 7.40. The predicted octanol–water partition coefficient (Wildman–Crippen LogP) is 1.88. The van der Waals surface area contributed by atoms with Gasteiger partial charge < -0.3 is 15.4 Å². The van der Waals surface area contributed by atoms with E-state index in [0.717, 1.165) is 16.9 Å². The fourth-order valence-corrected chi connectivity index (χ4v) is 1.66. The van der Waals surface area contributed by atoms with Crippen LogP contribution in [0.25, 0.3) is 0 Å². The Balaban J connectivity index is 2.51. The number of amides is 1. The first-order chi connectivity index (χ1) is 8.91. The van der Waals surface area contributed by atoms with Crippen LogP contribution in [0, 0.1) is 6.92 Å². The van der Waals surface area contributed by atoms with Gasteiger partial charge in [0.2, 0.25) is 5.91 Å². The molecule has 5 heteroatoms. The third-order valence-electron chi connectivity index (χ3n) is 2.76. The Bertz CT molecular complexity index is 473. The number of hydrogen-bond acceptors (Lipinski definition) is 3. The van der Waals surface area contributed by atoms with Crippen molar-refractivity contribution in [3.05, 3.63) is 29.3 Å². The van der Waals surface area contributed by atoms with Crippen LogP contribution in [-0.2, 0) is 4.79 Å². The first-order valence-corrected chi connectivity index (χ1v) is 6.56. The second-order valence-electron chi connectivity index (χ2n) is 4.58. The molecule has 0 bridgehead atoms. The molecule has 1 rings (SSSR count). The van der Waals surface area contributed by atoms with Crippen molar-refractivity contribution < 1.29 is 9.53 Å². The Morgan fingerprint density at radius 3 is 2.68 bits per heavy atom. The molecule has 1 amide bonds. The molecule has 0 heterocycles. The molecule has 0 saturated carbocycles. The number of carbonyl (C=O) groups is 1. The second-order valence-corrected chi connectivity index (χ2v) is 5.02. The zero-order valence-corrected chi connectivity index (χ0v) is 12.4. The normalized spacial score (nSPS) is 10.1. The van der Waals surface area contributed by atoms with Crippen LogP contribution in [0.3, 0.4) is 0 Å². The van der Waals surface area contributed by atoms with Crippen molar-refractivity contribution in [2.45, 2.75) is 19.8 Å². The number of nitrogens with two attached hydrogens (primary N) is 1. The molecule has 19 heavy (non-hydrogen) atoms. The molecule has 104 valence electrons. The lowest BCUT2D eigenvalue weighted by Gasteiger charge is -2.12. The van der Waals surface area contributed by atoms with Gasteiger partial charge in [0.1, 0.15) is 10.7 Å². The SMILES string of the molecule is Cc1ccc(C(N)=S)cc1OCCCC(=O)N(C)C. The molecule has 0 saturated heterocycles. The summed E-state index contributed by atoms with van der Waals surface area (Å²) in [7, 11) is 3.50. The van der Waals surface area contributed by atoms with Gasteiger partial charge in [-0.05, 0) is 25.0 Å². The molecule has 2 N–H and O–H groups in total. The summed E-state index contributed by atoms with van der Waals surface area (Å²) in [5.74, 6) is 0.875. The van der Waals surface area contributed by atoms with Crippen LogP contribution in [0.15, 0.2) is 18.2 Å². The van der Waals surface area contributed by atoms with E-state index < -0.39 is 0 Å².